The number of carbonyl (C=O) groups is 2. The highest BCUT2D eigenvalue weighted by Crippen LogP contribution is 2.36. The van der Waals surface area contributed by atoms with E-state index >= 15 is 0 Å². The van der Waals surface area contributed by atoms with Gasteiger partial charge in [0.2, 0.25) is 28.6 Å². The van der Waals surface area contributed by atoms with E-state index in [-0.39, 0.29) is 37.1 Å². The van der Waals surface area contributed by atoms with E-state index < -0.39 is 28.5 Å². The quantitative estimate of drug-likeness (QED) is 0.323. The van der Waals surface area contributed by atoms with Gasteiger partial charge in [0.05, 0.1) is 11.4 Å². The predicted octanol–water partition coefficient (Wildman–Crippen LogP) is 4.11. The smallest absolute Gasteiger partial charge is 0.244 e. The van der Waals surface area contributed by atoms with Gasteiger partial charge in [0, 0.05) is 30.0 Å². The van der Waals surface area contributed by atoms with Crippen molar-refractivity contribution in [3.63, 3.8) is 0 Å². The summed E-state index contributed by atoms with van der Waals surface area (Å²) in [6.45, 7) is 3.37. The van der Waals surface area contributed by atoms with Crippen LogP contribution >= 0.6 is 15.9 Å². The number of ether oxygens (including phenoxy) is 2. The first-order valence-corrected chi connectivity index (χ1v) is 15.4. The molecule has 1 aliphatic heterocycles. The molecule has 0 spiro atoms. The molecule has 9 nitrogen and oxygen atoms in total. The van der Waals surface area contributed by atoms with E-state index in [4.69, 9.17) is 9.47 Å². The zero-order valence-electron chi connectivity index (χ0n) is 22.4. The van der Waals surface area contributed by atoms with Gasteiger partial charge in [-0.3, -0.25) is 13.9 Å². The van der Waals surface area contributed by atoms with Crippen molar-refractivity contribution in [1.82, 2.24) is 10.2 Å². The molecule has 0 radical (unpaired) electrons. The van der Waals surface area contributed by atoms with E-state index in [2.05, 4.69) is 21.2 Å². The highest BCUT2D eigenvalue weighted by atomic mass is 79.9. The lowest BCUT2D eigenvalue weighted by Gasteiger charge is -2.33. The fourth-order valence-electron chi connectivity index (χ4n) is 4.44. The van der Waals surface area contributed by atoms with Crippen molar-refractivity contribution in [2.45, 2.75) is 32.9 Å². The van der Waals surface area contributed by atoms with Crippen molar-refractivity contribution in [3.8, 4) is 11.5 Å². The van der Waals surface area contributed by atoms with Gasteiger partial charge < -0.3 is 19.7 Å². The van der Waals surface area contributed by atoms with Gasteiger partial charge in [-0.2, -0.15) is 0 Å². The number of nitrogens with zero attached hydrogens (tertiary/aromatic N) is 2. The van der Waals surface area contributed by atoms with Crippen LogP contribution < -0.4 is 19.1 Å². The normalized spacial score (nSPS) is 13.0. The molecule has 11 heteroatoms. The highest BCUT2D eigenvalue weighted by molar-refractivity contribution is 9.10. The van der Waals surface area contributed by atoms with Crippen LogP contribution in [0.15, 0.2) is 77.3 Å². The molecule has 0 saturated heterocycles. The van der Waals surface area contributed by atoms with Crippen LogP contribution in [0, 0.1) is 0 Å². The molecule has 3 aromatic rings. The van der Waals surface area contributed by atoms with Crippen LogP contribution in [-0.4, -0.2) is 56.8 Å². The number of rotatable bonds is 12. The third-order valence-electron chi connectivity index (χ3n) is 6.49. The average molecular weight is 631 g/mol. The number of sulfonamides is 1. The summed E-state index contributed by atoms with van der Waals surface area (Å²) >= 11 is 3.47. The van der Waals surface area contributed by atoms with Crippen LogP contribution in [0.25, 0.3) is 0 Å². The molecule has 40 heavy (non-hydrogen) atoms. The SMILES string of the molecule is CCNC(=O)C(Cc1ccccc1)N(Cc1cccc(Br)c1)C(=O)CN(c1ccc2c(c1)OCO2)S(=O)(=O)CC. The van der Waals surface area contributed by atoms with E-state index in [1.165, 1.54) is 11.8 Å². The van der Waals surface area contributed by atoms with Gasteiger partial charge in [-0.25, -0.2) is 8.42 Å². The summed E-state index contributed by atoms with van der Waals surface area (Å²) in [6.07, 6.45) is 0.261. The lowest BCUT2D eigenvalue weighted by atomic mass is 10.0. The summed E-state index contributed by atoms with van der Waals surface area (Å²) in [7, 11) is -3.87. The summed E-state index contributed by atoms with van der Waals surface area (Å²) in [6, 6.07) is 20.7. The molecule has 1 heterocycles. The van der Waals surface area contributed by atoms with Gasteiger partial charge in [0.15, 0.2) is 11.5 Å². The summed E-state index contributed by atoms with van der Waals surface area (Å²) in [5, 5.41) is 2.85. The van der Waals surface area contributed by atoms with Gasteiger partial charge in [-0.1, -0.05) is 58.4 Å². The molecule has 2 amide bonds. The Balaban J connectivity index is 1.73. The highest BCUT2D eigenvalue weighted by Gasteiger charge is 2.34. The molecule has 1 atom stereocenters. The van der Waals surface area contributed by atoms with Crippen molar-refractivity contribution in [3.05, 3.63) is 88.4 Å². The molecule has 0 saturated carbocycles. The maximum atomic E-state index is 14.1. The number of nitrogens with one attached hydrogen (secondary N) is 1. The van der Waals surface area contributed by atoms with Gasteiger partial charge >= 0.3 is 0 Å². The maximum Gasteiger partial charge on any atom is 0.244 e. The Morgan fingerprint density at radius 2 is 1.68 bits per heavy atom. The number of benzene rings is 3. The molecule has 0 bridgehead atoms. The van der Waals surface area contributed by atoms with Gasteiger partial charge in [-0.15, -0.1) is 0 Å². The first kappa shape index (κ1) is 29.4. The monoisotopic (exact) mass is 629 g/mol. The maximum absolute atomic E-state index is 14.1. The number of amides is 2. The van der Waals surface area contributed by atoms with Gasteiger partial charge in [-0.05, 0) is 49.2 Å². The molecule has 3 aromatic carbocycles. The first-order chi connectivity index (χ1) is 19.2. The predicted molar refractivity (Wildman–Crippen MR) is 157 cm³/mol. The van der Waals surface area contributed by atoms with Crippen LogP contribution in [0.3, 0.4) is 0 Å². The standard InChI is InChI=1S/C29H32BrN3O6S/c1-3-31-29(35)25(16-21-9-6-5-7-10-21)32(18-22-11-8-12-23(30)15-22)28(34)19-33(40(36,37)4-2)24-13-14-26-27(17-24)39-20-38-26/h5-15,17,25H,3-4,16,18-20H2,1-2H3,(H,31,35). The lowest BCUT2D eigenvalue weighted by Crippen LogP contribution is -2.53. The summed E-state index contributed by atoms with van der Waals surface area (Å²) < 4.78 is 39.2. The summed E-state index contributed by atoms with van der Waals surface area (Å²) in [4.78, 5) is 29.0. The Hall–Kier alpha value is -3.57. The fourth-order valence-corrected chi connectivity index (χ4v) is 5.94. The van der Waals surface area contributed by atoms with Crippen LogP contribution in [0.4, 0.5) is 5.69 Å². The third-order valence-corrected chi connectivity index (χ3v) is 8.72. The number of anilines is 1. The number of carbonyl (C=O) groups excluding carboxylic acids is 2. The van der Waals surface area contributed by atoms with Crippen molar-refractivity contribution < 1.29 is 27.5 Å². The summed E-state index contributed by atoms with van der Waals surface area (Å²) in [5.41, 5.74) is 1.94. The van der Waals surface area contributed by atoms with Crippen molar-refractivity contribution in [2.24, 2.45) is 0 Å². The average Bonchev–Trinajstić information content (AvgIpc) is 3.42. The Kier molecular flexibility index (Phi) is 9.70. The van der Waals surface area contributed by atoms with E-state index in [0.29, 0.717) is 18.0 Å². The van der Waals surface area contributed by atoms with E-state index in [1.807, 2.05) is 61.5 Å². The van der Waals surface area contributed by atoms with Crippen molar-refractivity contribution >= 4 is 43.5 Å². The second-order valence-corrected chi connectivity index (χ2v) is 12.3. The van der Waals surface area contributed by atoms with Gasteiger partial charge in [0.1, 0.15) is 12.6 Å². The number of hydrogen-bond donors (Lipinski definition) is 1. The minimum Gasteiger partial charge on any atom is -0.454 e. The molecule has 0 fully saturated rings. The van der Waals surface area contributed by atoms with Crippen molar-refractivity contribution in [1.29, 1.82) is 0 Å². The molecule has 0 aliphatic carbocycles. The Morgan fingerprint density at radius 1 is 0.950 bits per heavy atom. The van der Waals surface area contributed by atoms with E-state index in [0.717, 1.165) is 19.9 Å². The van der Waals surface area contributed by atoms with Crippen LogP contribution in [0.5, 0.6) is 11.5 Å². The largest absolute Gasteiger partial charge is 0.454 e. The second-order valence-electron chi connectivity index (χ2n) is 9.20. The van der Waals surface area contributed by atoms with Gasteiger partial charge in [0.25, 0.3) is 0 Å². The molecule has 0 aromatic heterocycles. The molecule has 1 N–H and O–H groups in total. The number of likely N-dealkylation sites (N-methyl/N-ethyl adjacent to an activating group) is 1. The summed E-state index contributed by atoms with van der Waals surface area (Å²) in [5.74, 6) is -0.148. The second kappa shape index (κ2) is 13.2. The van der Waals surface area contributed by atoms with Crippen LogP contribution in [-0.2, 0) is 32.6 Å². The Morgan fingerprint density at radius 3 is 2.38 bits per heavy atom. The van der Waals surface area contributed by atoms with Crippen LogP contribution in [0.1, 0.15) is 25.0 Å². The number of halogens is 1. The minimum atomic E-state index is -3.87. The molecule has 1 unspecified atom stereocenters. The van der Waals surface area contributed by atoms with E-state index in [1.54, 1.807) is 18.2 Å². The lowest BCUT2D eigenvalue weighted by molar-refractivity contribution is -0.140. The van der Waals surface area contributed by atoms with E-state index in [9.17, 15) is 18.0 Å². The van der Waals surface area contributed by atoms with Crippen LogP contribution in [0.2, 0.25) is 0 Å². The molecule has 4 rings (SSSR count). The zero-order valence-corrected chi connectivity index (χ0v) is 24.8. The zero-order chi connectivity index (χ0) is 28.7. The molecule has 212 valence electrons. The number of fused-ring (bicyclic) bond motifs is 1. The Labute approximate surface area is 243 Å². The number of hydrogen-bond acceptors (Lipinski definition) is 6. The molecular formula is C29H32BrN3O6S. The molecular weight excluding hydrogens is 598 g/mol. The topological polar surface area (TPSA) is 105 Å². The Bertz CT molecular complexity index is 1450. The first-order valence-electron chi connectivity index (χ1n) is 13.0. The fraction of sp³-hybridized carbons (Fsp3) is 0.310. The minimum absolute atomic E-state index is 0.0341. The third kappa shape index (κ3) is 7.14. The van der Waals surface area contributed by atoms with Crippen molar-refractivity contribution in [2.75, 3.05) is 29.9 Å². The molecule has 1 aliphatic rings.